The van der Waals surface area contributed by atoms with E-state index in [1.54, 1.807) is 0 Å². The number of nitrogens with one attached hydrogen (secondary N) is 2. The van der Waals surface area contributed by atoms with Crippen LogP contribution in [0.4, 0.5) is 0 Å². The highest BCUT2D eigenvalue weighted by atomic mass is 16.4. The van der Waals surface area contributed by atoms with Crippen molar-refractivity contribution in [3.05, 3.63) is 42.0 Å². The topological polar surface area (TPSA) is 136 Å². The number of hydrogen-bond donors (Lipinski definition) is 5. The third-order valence-corrected chi connectivity index (χ3v) is 2.75. The van der Waals surface area contributed by atoms with Crippen LogP contribution in [0.2, 0.25) is 0 Å². The predicted molar refractivity (Wildman–Crippen MR) is 71.0 cm³/mol. The molecule has 0 saturated heterocycles. The molecule has 0 aliphatic rings. The number of carboxylic acids is 1. The van der Waals surface area contributed by atoms with Crippen molar-refractivity contribution in [2.24, 2.45) is 0 Å². The second-order valence-corrected chi connectivity index (χ2v) is 4.38. The van der Waals surface area contributed by atoms with Gasteiger partial charge in [0, 0.05) is 29.9 Å². The molecule has 0 fully saturated rings. The number of carbonyl (C=O) groups is 2. The molecule has 0 unspecified atom stereocenters. The lowest BCUT2D eigenvalue weighted by Crippen LogP contribution is -2.42. The van der Waals surface area contributed by atoms with Gasteiger partial charge in [-0.15, -0.1) is 0 Å². The van der Waals surface area contributed by atoms with Crippen molar-refractivity contribution in [1.29, 1.82) is 0 Å². The van der Waals surface area contributed by atoms with Gasteiger partial charge in [-0.2, -0.15) is 0 Å². The van der Waals surface area contributed by atoms with Crippen molar-refractivity contribution in [3.63, 3.8) is 0 Å². The van der Waals surface area contributed by atoms with Crippen molar-refractivity contribution < 1.29 is 24.9 Å². The van der Waals surface area contributed by atoms with E-state index < -0.39 is 17.9 Å². The molecule has 1 atom stereocenters. The maximum absolute atomic E-state index is 12.0. The summed E-state index contributed by atoms with van der Waals surface area (Å²) >= 11 is 0. The molecule has 1 aromatic carbocycles. The number of nitrogens with zero attached hydrogens (tertiary/aromatic N) is 1. The summed E-state index contributed by atoms with van der Waals surface area (Å²) in [6.07, 6.45) is 2.90. The van der Waals surface area contributed by atoms with Crippen molar-refractivity contribution in [3.8, 4) is 11.5 Å². The van der Waals surface area contributed by atoms with Crippen LogP contribution in [0.15, 0.2) is 30.7 Å². The summed E-state index contributed by atoms with van der Waals surface area (Å²) < 4.78 is 0. The quantitative estimate of drug-likeness (QED) is 0.535. The van der Waals surface area contributed by atoms with Gasteiger partial charge in [-0.3, -0.25) is 4.79 Å². The van der Waals surface area contributed by atoms with E-state index in [-0.39, 0.29) is 23.5 Å². The second-order valence-electron chi connectivity index (χ2n) is 4.38. The molecular formula is C13H13N3O5. The number of hydrogen-bond acceptors (Lipinski definition) is 5. The summed E-state index contributed by atoms with van der Waals surface area (Å²) in [6, 6.07) is 2.16. The Morgan fingerprint density at radius 3 is 2.43 bits per heavy atom. The number of aromatic nitrogens is 2. The van der Waals surface area contributed by atoms with Crippen LogP contribution in [-0.4, -0.2) is 43.2 Å². The highest BCUT2D eigenvalue weighted by Crippen LogP contribution is 2.20. The fraction of sp³-hybridized carbons (Fsp3) is 0.154. The molecule has 2 aromatic rings. The second kappa shape index (κ2) is 5.95. The number of H-pyrrole nitrogens is 1. The first-order chi connectivity index (χ1) is 9.95. The third-order valence-electron chi connectivity index (χ3n) is 2.75. The van der Waals surface area contributed by atoms with Gasteiger partial charge in [-0.25, -0.2) is 9.78 Å². The van der Waals surface area contributed by atoms with Crippen LogP contribution in [0.3, 0.4) is 0 Å². The largest absolute Gasteiger partial charge is 0.508 e. The average Bonchev–Trinajstić information content (AvgIpc) is 2.89. The number of aromatic amines is 1. The Morgan fingerprint density at radius 2 is 1.90 bits per heavy atom. The normalized spacial score (nSPS) is 11.8. The first-order valence-corrected chi connectivity index (χ1v) is 5.99. The minimum absolute atomic E-state index is 0.0336. The van der Waals surface area contributed by atoms with Crippen LogP contribution in [0.25, 0.3) is 0 Å². The molecule has 21 heavy (non-hydrogen) atoms. The van der Waals surface area contributed by atoms with Crippen LogP contribution < -0.4 is 5.32 Å². The number of carbonyl (C=O) groups excluding carboxylic acids is 1. The molecule has 1 amide bonds. The fourth-order valence-corrected chi connectivity index (χ4v) is 1.78. The maximum Gasteiger partial charge on any atom is 0.326 e. The Labute approximate surface area is 119 Å². The van der Waals surface area contributed by atoms with Gasteiger partial charge in [0.25, 0.3) is 5.91 Å². The van der Waals surface area contributed by atoms with Gasteiger partial charge in [0.05, 0.1) is 6.33 Å². The van der Waals surface area contributed by atoms with Crippen LogP contribution in [0.5, 0.6) is 11.5 Å². The number of aliphatic carboxylic acids is 1. The van der Waals surface area contributed by atoms with Gasteiger partial charge in [0.1, 0.15) is 17.5 Å². The number of rotatable bonds is 5. The zero-order valence-corrected chi connectivity index (χ0v) is 10.8. The molecule has 110 valence electrons. The number of imidazole rings is 1. The molecule has 8 heteroatoms. The minimum atomic E-state index is -1.21. The standard InChI is InChI=1S/C13H13N3O5/c17-9-1-7(2-10(18)4-9)12(19)16-11(13(20)21)3-8-5-14-6-15-8/h1-2,4-6,11,17-18H,3H2,(H,14,15)(H,16,19)(H,20,21)/t11-/m1/s1. The average molecular weight is 291 g/mol. The monoisotopic (exact) mass is 291 g/mol. The lowest BCUT2D eigenvalue weighted by Gasteiger charge is -2.14. The zero-order valence-electron chi connectivity index (χ0n) is 10.8. The Hall–Kier alpha value is -3.03. The zero-order chi connectivity index (χ0) is 15.4. The van der Waals surface area contributed by atoms with E-state index in [0.29, 0.717) is 5.69 Å². The molecule has 8 nitrogen and oxygen atoms in total. The number of aromatic hydroxyl groups is 2. The molecule has 0 saturated carbocycles. The molecule has 0 bridgehead atoms. The van der Waals surface area contributed by atoms with Crippen LogP contribution in [-0.2, 0) is 11.2 Å². The van der Waals surface area contributed by atoms with Crippen molar-refractivity contribution in [2.45, 2.75) is 12.5 Å². The van der Waals surface area contributed by atoms with E-state index in [2.05, 4.69) is 15.3 Å². The van der Waals surface area contributed by atoms with Crippen LogP contribution in [0.1, 0.15) is 16.1 Å². The van der Waals surface area contributed by atoms with Gasteiger partial charge < -0.3 is 25.6 Å². The molecule has 0 aliphatic carbocycles. The van der Waals surface area contributed by atoms with Gasteiger partial charge >= 0.3 is 5.97 Å². The predicted octanol–water partition coefficient (Wildman–Crippen LogP) is 0.247. The summed E-state index contributed by atoms with van der Waals surface area (Å²) in [5.41, 5.74) is 0.518. The van der Waals surface area contributed by atoms with E-state index >= 15 is 0 Å². The van der Waals surface area contributed by atoms with E-state index in [1.165, 1.54) is 12.5 Å². The molecule has 2 rings (SSSR count). The number of carboxylic acid groups (broad SMARTS) is 1. The van der Waals surface area contributed by atoms with Gasteiger partial charge in [0.15, 0.2) is 0 Å². The molecule has 0 spiro atoms. The van der Waals surface area contributed by atoms with E-state index in [0.717, 1.165) is 18.2 Å². The van der Waals surface area contributed by atoms with Crippen molar-refractivity contribution >= 4 is 11.9 Å². The smallest absolute Gasteiger partial charge is 0.326 e. The Bertz CT molecular complexity index is 634. The Kier molecular flexibility index (Phi) is 4.07. The van der Waals surface area contributed by atoms with Crippen molar-refractivity contribution in [1.82, 2.24) is 15.3 Å². The highest BCUT2D eigenvalue weighted by Gasteiger charge is 2.22. The minimum Gasteiger partial charge on any atom is -0.508 e. The molecule has 0 aliphatic heterocycles. The maximum atomic E-state index is 12.0. The Balaban J connectivity index is 2.12. The first-order valence-electron chi connectivity index (χ1n) is 5.99. The Morgan fingerprint density at radius 1 is 1.24 bits per heavy atom. The van der Waals surface area contributed by atoms with Gasteiger partial charge in [-0.1, -0.05) is 0 Å². The molecule has 1 aromatic heterocycles. The summed E-state index contributed by atoms with van der Waals surface area (Å²) in [5.74, 6) is -2.50. The number of phenols is 2. The fourth-order valence-electron chi connectivity index (χ4n) is 1.78. The number of benzene rings is 1. The lowest BCUT2D eigenvalue weighted by atomic mass is 10.1. The van der Waals surface area contributed by atoms with E-state index in [1.807, 2.05) is 0 Å². The van der Waals surface area contributed by atoms with Crippen LogP contribution >= 0.6 is 0 Å². The highest BCUT2D eigenvalue weighted by molar-refractivity contribution is 5.97. The molecular weight excluding hydrogens is 278 g/mol. The lowest BCUT2D eigenvalue weighted by molar-refractivity contribution is -0.139. The van der Waals surface area contributed by atoms with Gasteiger partial charge in [-0.05, 0) is 12.1 Å². The summed E-state index contributed by atoms with van der Waals surface area (Å²) in [4.78, 5) is 29.7. The molecule has 5 N–H and O–H groups in total. The van der Waals surface area contributed by atoms with Crippen LogP contribution in [0, 0.1) is 0 Å². The SMILES string of the molecule is O=C(N[C@H](Cc1cnc[nH]1)C(=O)O)c1cc(O)cc(O)c1. The van der Waals surface area contributed by atoms with E-state index in [4.69, 9.17) is 5.11 Å². The summed E-state index contributed by atoms with van der Waals surface area (Å²) in [7, 11) is 0. The first kappa shape index (κ1) is 14.4. The van der Waals surface area contributed by atoms with Crippen molar-refractivity contribution in [2.75, 3.05) is 0 Å². The summed E-state index contributed by atoms with van der Waals surface area (Å²) in [5, 5.41) is 30.1. The molecule has 1 heterocycles. The van der Waals surface area contributed by atoms with E-state index in [9.17, 15) is 19.8 Å². The summed E-state index contributed by atoms with van der Waals surface area (Å²) in [6.45, 7) is 0. The third kappa shape index (κ3) is 3.72. The van der Waals surface area contributed by atoms with Gasteiger partial charge in [0.2, 0.25) is 0 Å². The number of amides is 1. The number of phenolic OH excluding ortho intramolecular Hbond substituents is 2. The molecule has 0 radical (unpaired) electrons.